The third kappa shape index (κ3) is 3.59. The number of thioether (sulfide) groups is 1. The number of carbonyl (C=O) groups excluding carboxylic acids is 2. The molecule has 1 aromatic carbocycles. The van der Waals surface area contributed by atoms with Crippen molar-refractivity contribution < 1.29 is 19.2 Å². The van der Waals surface area contributed by atoms with Crippen molar-refractivity contribution in [3.05, 3.63) is 50.7 Å². The monoisotopic (exact) mass is 405 g/mol. The van der Waals surface area contributed by atoms with Crippen LogP contribution >= 0.6 is 35.8 Å². The summed E-state index contributed by atoms with van der Waals surface area (Å²) in [5.41, 5.74) is 6.26. The summed E-state index contributed by atoms with van der Waals surface area (Å²) >= 11 is 7.46. The number of β-lactam (4-membered cyclic amide) rings is 1. The Kier molecular flexibility index (Phi) is 5.94. The van der Waals surface area contributed by atoms with Crippen LogP contribution in [0.25, 0.3) is 0 Å². The second-order valence-electron chi connectivity index (χ2n) is 5.19. The Labute approximate surface area is 157 Å². The maximum atomic E-state index is 12.3. The number of ether oxygens (including phenoxy) is 1. The van der Waals surface area contributed by atoms with Crippen molar-refractivity contribution in [2.24, 2.45) is 5.73 Å². The van der Waals surface area contributed by atoms with Crippen LogP contribution in [0.2, 0.25) is 0 Å². The molecule has 0 aromatic heterocycles. The quantitative estimate of drug-likeness (QED) is 0.351. The average Bonchev–Trinajstić information content (AvgIpc) is 2.59. The van der Waals surface area contributed by atoms with Crippen LogP contribution in [0.15, 0.2) is 35.0 Å². The van der Waals surface area contributed by atoms with E-state index in [0.717, 1.165) is 0 Å². The first kappa shape index (κ1) is 19.5. The van der Waals surface area contributed by atoms with Gasteiger partial charge in [-0.3, -0.25) is 19.8 Å². The Hall–Kier alpha value is -1.81. The van der Waals surface area contributed by atoms with Gasteiger partial charge in [-0.15, -0.1) is 24.2 Å². The largest absolute Gasteiger partial charge is 0.456 e. The van der Waals surface area contributed by atoms with Crippen LogP contribution in [-0.2, 0) is 20.9 Å². The van der Waals surface area contributed by atoms with Crippen molar-refractivity contribution in [1.29, 1.82) is 0 Å². The molecule has 25 heavy (non-hydrogen) atoms. The summed E-state index contributed by atoms with van der Waals surface area (Å²) < 4.78 is 5.18. The van der Waals surface area contributed by atoms with Crippen molar-refractivity contribution in [1.82, 2.24) is 4.90 Å². The van der Waals surface area contributed by atoms with E-state index in [2.05, 4.69) is 0 Å². The van der Waals surface area contributed by atoms with E-state index in [1.807, 2.05) is 0 Å². The van der Waals surface area contributed by atoms with Crippen LogP contribution in [0, 0.1) is 10.1 Å². The Morgan fingerprint density at radius 1 is 1.44 bits per heavy atom. The molecule has 0 unspecified atom stereocenters. The van der Waals surface area contributed by atoms with Gasteiger partial charge < -0.3 is 10.5 Å². The number of nitrogens with two attached hydrogens (primary N) is 1. The molecule has 0 saturated carbocycles. The number of non-ortho nitro benzene ring substituents is 1. The predicted molar refractivity (Wildman–Crippen MR) is 94.1 cm³/mol. The fourth-order valence-corrected chi connectivity index (χ4v) is 3.89. The molecule has 134 valence electrons. The maximum Gasteiger partial charge on any atom is 0.356 e. The van der Waals surface area contributed by atoms with Crippen LogP contribution in [0.3, 0.4) is 0 Å². The van der Waals surface area contributed by atoms with Crippen molar-refractivity contribution in [3.63, 3.8) is 0 Å². The lowest BCUT2D eigenvalue weighted by molar-refractivity contribution is -0.384. The molecule has 8 nitrogen and oxygen atoms in total. The standard InChI is InChI=1S/C14H12ClN3O5S.ClH/c15-9-6-24-13-10(16)12(19)17(13)11(9)14(20)23-5-7-1-3-8(4-2-7)18(21)22;/h1-4,10,13H,5-6,16H2;1H/t10-,13-;/m0./s1. The molecular formula is C14H13Cl2N3O5S. The number of fused-ring (bicyclic) bond motifs is 1. The van der Waals surface area contributed by atoms with Gasteiger partial charge in [0.1, 0.15) is 23.7 Å². The number of nitrogens with zero attached hydrogens (tertiary/aromatic N) is 2. The highest BCUT2D eigenvalue weighted by Crippen LogP contribution is 2.40. The highest BCUT2D eigenvalue weighted by molar-refractivity contribution is 8.00. The number of hydrogen-bond acceptors (Lipinski definition) is 7. The van der Waals surface area contributed by atoms with E-state index >= 15 is 0 Å². The van der Waals surface area contributed by atoms with Crippen LogP contribution in [0.5, 0.6) is 0 Å². The SMILES string of the molecule is Cl.N[C@H]1C(=O)N2C(C(=O)OCc3ccc([N+](=O)[O-])cc3)=C(Cl)CS[C@@H]12. The highest BCUT2D eigenvalue weighted by atomic mass is 35.5. The van der Waals surface area contributed by atoms with E-state index in [0.29, 0.717) is 11.3 Å². The zero-order valence-electron chi connectivity index (χ0n) is 12.6. The third-order valence-electron chi connectivity index (χ3n) is 3.67. The minimum absolute atomic E-state index is 0. The smallest absolute Gasteiger partial charge is 0.356 e. The van der Waals surface area contributed by atoms with Gasteiger partial charge in [0.25, 0.3) is 5.69 Å². The molecule has 1 aromatic rings. The minimum Gasteiger partial charge on any atom is -0.456 e. The molecule has 2 aliphatic rings. The molecular weight excluding hydrogens is 393 g/mol. The van der Waals surface area contributed by atoms with E-state index in [4.69, 9.17) is 22.1 Å². The van der Waals surface area contributed by atoms with Crippen LogP contribution in [-0.4, -0.2) is 38.9 Å². The second kappa shape index (κ2) is 7.61. The van der Waals surface area contributed by atoms with Gasteiger partial charge in [0, 0.05) is 17.9 Å². The topological polar surface area (TPSA) is 116 Å². The molecule has 1 saturated heterocycles. The molecule has 2 heterocycles. The number of nitro groups is 1. The van der Waals surface area contributed by atoms with Gasteiger partial charge in [0.2, 0.25) is 5.91 Å². The van der Waals surface area contributed by atoms with E-state index in [1.54, 1.807) is 0 Å². The number of halogens is 2. The molecule has 0 radical (unpaired) electrons. The van der Waals surface area contributed by atoms with Gasteiger partial charge >= 0.3 is 5.97 Å². The number of esters is 1. The first-order valence-electron chi connectivity index (χ1n) is 6.89. The van der Waals surface area contributed by atoms with Gasteiger partial charge in [-0.05, 0) is 17.7 Å². The zero-order valence-corrected chi connectivity index (χ0v) is 15.0. The van der Waals surface area contributed by atoms with Crippen LogP contribution in [0.1, 0.15) is 5.56 Å². The molecule has 11 heteroatoms. The Bertz CT molecular complexity index is 755. The summed E-state index contributed by atoms with van der Waals surface area (Å²) in [5.74, 6) is -0.706. The summed E-state index contributed by atoms with van der Waals surface area (Å²) in [4.78, 5) is 35.5. The van der Waals surface area contributed by atoms with Gasteiger partial charge in [-0.1, -0.05) is 11.6 Å². The molecule has 3 rings (SSSR count). The highest BCUT2D eigenvalue weighted by Gasteiger charge is 2.52. The molecule has 2 atom stereocenters. The lowest BCUT2D eigenvalue weighted by Crippen LogP contribution is -2.68. The van der Waals surface area contributed by atoms with E-state index in [1.165, 1.54) is 40.9 Å². The summed E-state index contributed by atoms with van der Waals surface area (Å²) in [6.45, 7) is -0.0869. The van der Waals surface area contributed by atoms with Gasteiger partial charge in [0.05, 0.1) is 9.96 Å². The zero-order chi connectivity index (χ0) is 17.4. The van der Waals surface area contributed by atoms with Gasteiger partial charge in [-0.2, -0.15) is 0 Å². The van der Waals surface area contributed by atoms with Crippen molar-refractivity contribution in [3.8, 4) is 0 Å². The van der Waals surface area contributed by atoms with Crippen molar-refractivity contribution in [2.75, 3.05) is 5.75 Å². The lowest BCUT2D eigenvalue weighted by atomic mass is 10.1. The normalized spacial score (nSPS) is 21.8. The molecule has 1 fully saturated rings. The van der Waals surface area contributed by atoms with Gasteiger partial charge in [-0.25, -0.2) is 4.79 Å². The molecule has 2 aliphatic heterocycles. The summed E-state index contributed by atoms with van der Waals surface area (Å²) in [5, 5.41) is 10.5. The Morgan fingerprint density at radius 2 is 2.08 bits per heavy atom. The Balaban J connectivity index is 0.00000225. The van der Waals surface area contributed by atoms with Crippen molar-refractivity contribution in [2.45, 2.75) is 18.0 Å². The first-order valence-corrected chi connectivity index (χ1v) is 8.32. The predicted octanol–water partition coefficient (Wildman–Crippen LogP) is 1.75. The number of carbonyl (C=O) groups is 2. The number of amides is 1. The third-order valence-corrected chi connectivity index (χ3v) is 5.45. The molecule has 0 aliphatic carbocycles. The fourth-order valence-electron chi connectivity index (χ4n) is 2.40. The Morgan fingerprint density at radius 3 is 2.68 bits per heavy atom. The lowest BCUT2D eigenvalue weighted by Gasteiger charge is -2.47. The number of benzene rings is 1. The van der Waals surface area contributed by atoms with Crippen molar-refractivity contribution >= 4 is 53.3 Å². The molecule has 0 spiro atoms. The maximum absolute atomic E-state index is 12.3. The van der Waals surface area contributed by atoms with E-state index < -0.39 is 16.9 Å². The van der Waals surface area contributed by atoms with E-state index in [9.17, 15) is 19.7 Å². The van der Waals surface area contributed by atoms with Crippen LogP contribution < -0.4 is 5.73 Å². The molecule has 0 bridgehead atoms. The second-order valence-corrected chi connectivity index (χ2v) is 6.75. The number of nitro benzene ring substituents is 1. The minimum atomic E-state index is -0.719. The summed E-state index contributed by atoms with van der Waals surface area (Å²) in [6.07, 6.45) is 0. The van der Waals surface area contributed by atoms with E-state index in [-0.39, 0.29) is 46.7 Å². The average molecular weight is 406 g/mol. The van der Waals surface area contributed by atoms with Crippen LogP contribution in [0.4, 0.5) is 5.69 Å². The summed E-state index contributed by atoms with van der Waals surface area (Å²) in [6, 6.07) is 4.98. The number of rotatable bonds is 4. The first-order chi connectivity index (χ1) is 11.4. The van der Waals surface area contributed by atoms with Gasteiger partial charge in [0.15, 0.2) is 0 Å². The molecule has 2 N–H and O–H groups in total. The molecule has 1 amide bonds. The number of hydrogen-bond donors (Lipinski definition) is 1. The summed E-state index contributed by atoms with van der Waals surface area (Å²) in [7, 11) is 0. The fraction of sp³-hybridized carbons (Fsp3) is 0.286.